The number of H-pyrrole nitrogens is 1. The van der Waals surface area contributed by atoms with Crippen LogP contribution in [0.15, 0.2) is 24.3 Å². The highest BCUT2D eigenvalue weighted by Gasteiger charge is 2.33. The molecule has 1 saturated carbocycles. The monoisotopic (exact) mass is 317 g/mol. The Morgan fingerprint density at radius 1 is 1.18 bits per heavy atom. The molecule has 116 valence electrons. The number of aromatic nitrogens is 3. The van der Waals surface area contributed by atoms with E-state index >= 15 is 0 Å². The number of sulfone groups is 1. The molecule has 4 rings (SSSR count). The van der Waals surface area contributed by atoms with Crippen molar-refractivity contribution in [2.45, 2.75) is 49.0 Å². The van der Waals surface area contributed by atoms with Gasteiger partial charge in [-0.1, -0.05) is 24.3 Å². The molecule has 22 heavy (non-hydrogen) atoms. The molecule has 0 saturated heterocycles. The molecule has 1 aromatic carbocycles. The van der Waals surface area contributed by atoms with Gasteiger partial charge >= 0.3 is 0 Å². The van der Waals surface area contributed by atoms with Crippen molar-refractivity contribution in [2.24, 2.45) is 0 Å². The summed E-state index contributed by atoms with van der Waals surface area (Å²) in [6.45, 7) is 0. The van der Waals surface area contributed by atoms with Gasteiger partial charge in [0.05, 0.1) is 5.25 Å². The second kappa shape index (κ2) is 5.19. The van der Waals surface area contributed by atoms with E-state index in [4.69, 9.17) is 0 Å². The maximum atomic E-state index is 12.8. The zero-order valence-corrected chi connectivity index (χ0v) is 13.1. The van der Waals surface area contributed by atoms with Crippen LogP contribution in [0.2, 0.25) is 0 Å². The summed E-state index contributed by atoms with van der Waals surface area (Å²) in [7, 11) is -3.28. The van der Waals surface area contributed by atoms with Crippen LogP contribution in [0.3, 0.4) is 0 Å². The summed E-state index contributed by atoms with van der Waals surface area (Å²) in [5, 5.41) is 6.55. The summed E-state index contributed by atoms with van der Waals surface area (Å²) in [6, 6.07) is 7.89. The van der Waals surface area contributed by atoms with Crippen LogP contribution in [0.1, 0.15) is 59.6 Å². The molecule has 1 aromatic heterocycles. The molecule has 1 heterocycles. The average Bonchev–Trinajstić information content (AvgIpc) is 3.27. The standard InChI is InChI=1S/C16H19N3O2S/c20-22(21,10-15-17-16(19-18-15)12-8-9-12)14-7-3-5-11-4-1-2-6-13(11)14/h1-2,4,6,12,14H,3,5,7-10H2,(H,17,18,19)/t14-/m0/s1. The molecule has 2 aromatic rings. The minimum absolute atomic E-state index is 0.0499. The highest BCUT2D eigenvalue weighted by atomic mass is 32.2. The number of nitrogens with one attached hydrogen (secondary N) is 1. The zero-order valence-electron chi connectivity index (χ0n) is 12.3. The molecule has 0 spiro atoms. The lowest BCUT2D eigenvalue weighted by Gasteiger charge is -2.25. The van der Waals surface area contributed by atoms with Crippen LogP contribution in [-0.4, -0.2) is 23.6 Å². The van der Waals surface area contributed by atoms with Crippen molar-refractivity contribution in [1.82, 2.24) is 15.2 Å². The van der Waals surface area contributed by atoms with Gasteiger partial charge in [0.1, 0.15) is 11.6 Å². The van der Waals surface area contributed by atoms with Gasteiger partial charge in [0, 0.05) is 5.92 Å². The van der Waals surface area contributed by atoms with Crippen LogP contribution in [0.4, 0.5) is 0 Å². The Kier molecular flexibility index (Phi) is 3.29. The third-order valence-corrected chi connectivity index (χ3v) is 6.61. The van der Waals surface area contributed by atoms with Gasteiger partial charge in [-0.15, -0.1) is 0 Å². The highest BCUT2D eigenvalue weighted by Crippen LogP contribution is 2.39. The second-order valence-corrected chi connectivity index (χ2v) is 8.48. The molecule has 6 heteroatoms. The number of fused-ring (bicyclic) bond motifs is 1. The first-order valence-electron chi connectivity index (χ1n) is 7.84. The van der Waals surface area contributed by atoms with Gasteiger partial charge in [-0.2, -0.15) is 5.10 Å². The van der Waals surface area contributed by atoms with Crippen LogP contribution in [-0.2, 0) is 22.0 Å². The van der Waals surface area contributed by atoms with Gasteiger partial charge in [-0.05, 0) is 43.2 Å². The van der Waals surface area contributed by atoms with Crippen molar-refractivity contribution in [1.29, 1.82) is 0 Å². The number of aromatic amines is 1. The van der Waals surface area contributed by atoms with Crippen molar-refractivity contribution in [3.63, 3.8) is 0 Å². The third kappa shape index (κ3) is 2.56. The van der Waals surface area contributed by atoms with Gasteiger partial charge < -0.3 is 0 Å². The first kappa shape index (κ1) is 13.9. The number of aryl methyl sites for hydroxylation is 1. The molecule has 0 amide bonds. The lowest BCUT2D eigenvalue weighted by atomic mass is 9.91. The topological polar surface area (TPSA) is 75.7 Å². The molecular weight excluding hydrogens is 298 g/mol. The van der Waals surface area contributed by atoms with Crippen LogP contribution < -0.4 is 0 Å². The second-order valence-electron chi connectivity index (χ2n) is 6.30. The number of rotatable bonds is 4. The van der Waals surface area contributed by atoms with E-state index in [9.17, 15) is 8.42 Å². The maximum absolute atomic E-state index is 12.8. The molecule has 1 N–H and O–H groups in total. The molecule has 2 aliphatic rings. The van der Waals surface area contributed by atoms with Gasteiger partial charge in [0.2, 0.25) is 0 Å². The Labute approximate surface area is 130 Å². The van der Waals surface area contributed by atoms with E-state index in [0.717, 1.165) is 37.1 Å². The molecule has 1 atom stereocenters. The van der Waals surface area contributed by atoms with E-state index in [1.807, 2.05) is 24.3 Å². The fourth-order valence-corrected chi connectivity index (χ4v) is 5.13. The summed E-state index contributed by atoms with van der Waals surface area (Å²) in [6.07, 6.45) is 4.81. The SMILES string of the molecule is O=S(=O)(Cc1nc(C2CC2)n[nH]1)[C@H]1CCCc2ccccc21. The predicted octanol–water partition coefficient (Wildman–Crippen LogP) is 2.67. The van der Waals surface area contributed by atoms with Gasteiger partial charge in [-0.25, -0.2) is 13.4 Å². The number of hydrogen-bond donors (Lipinski definition) is 1. The lowest BCUT2D eigenvalue weighted by molar-refractivity contribution is 0.558. The molecule has 5 nitrogen and oxygen atoms in total. The van der Waals surface area contributed by atoms with Crippen molar-refractivity contribution < 1.29 is 8.42 Å². The van der Waals surface area contributed by atoms with E-state index in [1.165, 1.54) is 5.56 Å². The van der Waals surface area contributed by atoms with E-state index in [-0.39, 0.29) is 5.75 Å². The Hall–Kier alpha value is -1.69. The molecule has 0 aliphatic heterocycles. The van der Waals surface area contributed by atoms with E-state index in [0.29, 0.717) is 18.2 Å². The van der Waals surface area contributed by atoms with Gasteiger partial charge in [0.15, 0.2) is 15.7 Å². The van der Waals surface area contributed by atoms with Crippen LogP contribution in [0.25, 0.3) is 0 Å². The fourth-order valence-electron chi connectivity index (χ4n) is 3.27. The maximum Gasteiger partial charge on any atom is 0.164 e. The highest BCUT2D eigenvalue weighted by molar-refractivity contribution is 7.90. The predicted molar refractivity (Wildman–Crippen MR) is 83.1 cm³/mol. The van der Waals surface area contributed by atoms with E-state index in [2.05, 4.69) is 15.2 Å². The summed E-state index contributed by atoms with van der Waals surface area (Å²) in [5.41, 5.74) is 2.13. The van der Waals surface area contributed by atoms with Crippen LogP contribution in [0.5, 0.6) is 0 Å². The van der Waals surface area contributed by atoms with Crippen LogP contribution >= 0.6 is 0 Å². The molecule has 0 bridgehead atoms. The average molecular weight is 317 g/mol. The summed E-state index contributed by atoms with van der Waals surface area (Å²) in [5.74, 6) is 1.63. The van der Waals surface area contributed by atoms with Crippen molar-refractivity contribution in [3.05, 3.63) is 47.0 Å². The number of nitrogens with zero attached hydrogens (tertiary/aromatic N) is 2. The van der Waals surface area contributed by atoms with Crippen molar-refractivity contribution in [2.75, 3.05) is 0 Å². The first-order chi connectivity index (χ1) is 10.6. The normalized spacial score (nSPS) is 21.5. The Morgan fingerprint density at radius 2 is 2.00 bits per heavy atom. The smallest absolute Gasteiger partial charge is 0.164 e. The molecule has 0 unspecified atom stereocenters. The Balaban J connectivity index is 1.60. The quantitative estimate of drug-likeness (QED) is 0.940. The first-order valence-corrected chi connectivity index (χ1v) is 9.55. The zero-order chi connectivity index (χ0) is 15.2. The summed E-state index contributed by atoms with van der Waals surface area (Å²) < 4.78 is 25.6. The number of benzene rings is 1. The molecular formula is C16H19N3O2S. The Bertz CT molecular complexity index is 793. The van der Waals surface area contributed by atoms with Crippen molar-refractivity contribution >= 4 is 9.84 Å². The fraction of sp³-hybridized carbons (Fsp3) is 0.500. The Morgan fingerprint density at radius 3 is 2.82 bits per heavy atom. The molecule has 1 fully saturated rings. The minimum Gasteiger partial charge on any atom is -0.262 e. The molecule has 0 radical (unpaired) electrons. The lowest BCUT2D eigenvalue weighted by Crippen LogP contribution is -2.21. The van der Waals surface area contributed by atoms with Crippen LogP contribution in [0, 0.1) is 0 Å². The van der Waals surface area contributed by atoms with Gasteiger partial charge in [0.25, 0.3) is 0 Å². The summed E-state index contributed by atoms with van der Waals surface area (Å²) >= 11 is 0. The van der Waals surface area contributed by atoms with Crippen molar-refractivity contribution in [3.8, 4) is 0 Å². The number of hydrogen-bond acceptors (Lipinski definition) is 4. The summed E-state index contributed by atoms with van der Waals surface area (Å²) in [4.78, 5) is 4.36. The van der Waals surface area contributed by atoms with E-state index < -0.39 is 15.1 Å². The largest absolute Gasteiger partial charge is 0.262 e. The minimum atomic E-state index is -3.28. The molecule has 2 aliphatic carbocycles. The van der Waals surface area contributed by atoms with E-state index in [1.54, 1.807) is 0 Å². The third-order valence-electron chi connectivity index (χ3n) is 4.58. The van der Waals surface area contributed by atoms with Gasteiger partial charge in [-0.3, -0.25) is 5.10 Å².